The second-order valence-electron chi connectivity index (χ2n) is 5.73. The molecule has 1 aliphatic rings. The average Bonchev–Trinajstić information content (AvgIpc) is 2.80. The van der Waals surface area contributed by atoms with Gasteiger partial charge in [-0.05, 0) is 32.2 Å². The Morgan fingerprint density at radius 3 is 2.95 bits per heavy atom. The van der Waals surface area contributed by atoms with Crippen LogP contribution < -0.4 is 10.6 Å². The standard InChI is InChI=1S/C15H25N3OS.ClH/c1-4-5-11-6-7-12-13(8-11)20-15(17-12)18-14(19)10(2)9-16-3;/h10-11,16H,4-9H2,1-3H3,(H,17,18,19);1H. The average molecular weight is 332 g/mol. The molecule has 1 aromatic rings. The number of rotatable bonds is 6. The van der Waals surface area contributed by atoms with E-state index in [1.165, 1.54) is 29.8 Å². The van der Waals surface area contributed by atoms with E-state index < -0.39 is 0 Å². The summed E-state index contributed by atoms with van der Waals surface area (Å²) >= 11 is 1.67. The third-order valence-corrected chi connectivity index (χ3v) is 4.96. The molecule has 0 bridgehead atoms. The lowest BCUT2D eigenvalue weighted by Crippen LogP contribution is -2.28. The van der Waals surface area contributed by atoms with Crippen molar-refractivity contribution in [3.63, 3.8) is 0 Å². The van der Waals surface area contributed by atoms with E-state index in [-0.39, 0.29) is 24.2 Å². The van der Waals surface area contributed by atoms with Gasteiger partial charge in [-0.3, -0.25) is 4.79 Å². The SMILES string of the molecule is CCCC1CCc2nc(NC(=O)C(C)CNC)sc2C1.Cl. The van der Waals surface area contributed by atoms with Crippen molar-refractivity contribution in [3.8, 4) is 0 Å². The van der Waals surface area contributed by atoms with Crippen LogP contribution in [0.15, 0.2) is 0 Å². The van der Waals surface area contributed by atoms with Gasteiger partial charge in [-0.1, -0.05) is 26.7 Å². The number of carbonyl (C=O) groups excluding carboxylic acids is 1. The molecule has 6 heteroatoms. The van der Waals surface area contributed by atoms with Gasteiger partial charge in [0, 0.05) is 17.3 Å². The van der Waals surface area contributed by atoms with E-state index in [9.17, 15) is 4.79 Å². The smallest absolute Gasteiger partial charge is 0.230 e. The molecule has 0 spiro atoms. The Labute approximate surface area is 137 Å². The number of nitrogens with zero attached hydrogens (tertiary/aromatic N) is 1. The first-order chi connectivity index (χ1) is 9.63. The highest BCUT2D eigenvalue weighted by molar-refractivity contribution is 7.15. The molecule has 0 radical (unpaired) electrons. The summed E-state index contributed by atoms with van der Waals surface area (Å²) < 4.78 is 0. The highest BCUT2D eigenvalue weighted by Gasteiger charge is 2.23. The number of anilines is 1. The molecule has 2 N–H and O–H groups in total. The maximum Gasteiger partial charge on any atom is 0.230 e. The van der Waals surface area contributed by atoms with Crippen LogP contribution in [0.2, 0.25) is 0 Å². The summed E-state index contributed by atoms with van der Waals surface area (Å²) in [5.74, 6) is 0.823. The number of carbonyl (C=O) groups is 1. The van der Waals surface area contributed by atoms with Crippen molar-refractivity contribution >= 4 is 34.8 Å². The van der Waals surface area contributed by atoms with Crippen LogP contribution in [0.3, 0.4) is 0 Å². The van der Waals surface area contributed by atoms with Crippen LogP contribution in [-0.2, 0) is 17.6 Å². The molecule has 0 saturated carbocycles. The molecule has 1 heterocycles. The highest BCUT2D eigenvalue weighted by atomic mass is 35.5. The lowest BCUT2D eigenvalue weighted by Gasteiger charge is -2.19. The molecular weight excluding hydrogens is 306 g/mol. The maximum atomic E-state index is 12.0. The maximum absolute atomic E-state index is 12.0. The molecule has 0 fully saturated rings. The number of amides is 1. The number of thiazole rings is 1. The van der Waals surface area contributed by atoms with E-state index in [1.807, 2.05) is 14.0 Å². The number of hydrogen-bond donors (Lipinski definition) is 2. The van der Waals surface area contributed by atoms with Gasteiger partial charge in [-0.15, -0.1) is 23.7 Å². The fourth-order valence-electron chi connectivity index (χ4n) is 2.78. The zero-order chi connectivity index (χ0) is 14.5. The van der Waals surface area contributed by atoms with E-state index >= 15 is 0 Å². The fraction of sp³-hybridized carbons (Fsp3) is 0.733. The van der Waals surface area contributed by atoms with Crippen molar-refractivity contribution in [1.82, 2.24) is 10.3 Å². The van der Waals surface area contributed by atoms with Gasteiger partial charge in [0.1, 0.15) is 0 Å². The van der Waals surface area contributed by atoms with E-state index in [0.29, 0.717) is 6.54 Å². The molecule has 1 amide bonds. The molecule has 0 aromatic carbocycles. The summed E-state index contributed by atoms with van der Waals surface area (Å²) in [4.78, 5) is 18.0. The number of aryl methyl sites for hydroxylation is 1. The molecule has 0 aliphatic heterocycles. The predicted octanol–water partition coefficient (Wildman–Crippen LogP) is 3.26. The lowest BCUT2D eigenvalue weighted by atomic mass is 9.88. The third-order valence-electron chi connectivity index (χ3n) is 3.93. The minimum atomic E-state index is -0.0335. The van der Waals surface area contributed by atoms with Crippen LogP contribution in [0.5, 0.6) is 0 Å². The second kappa shape index (κ2) is 8.71. The van der Waals surface area contributed by atoms with Gasteiger partial charge >= 0.3 is 0 Å². The Bertz CT molecular complexity index is 464. The van der Waals surface area contributed by atoms with Gasteiger partial charge in [0.2, 0.25) is 5.91 Å². The first-order valence-corrected chi connectivity index (χ1v) is 8.39. The summed E-state index contributed by atoms with van der Waals surface area (Å²) in [7, 11) is 1.86. The van der Waals surface area contributed by atoms with Crippen LogP contribution in [0.4, 0.5) is 5.13 Å². The zero-order valence-corrected chi connectivity index (χ0v) is 14.7. The Morgan fingerprint density at radius 2 is 2.29 bits per heavy atom. The largest absolute Gasteiger partial charge is 0.319 e. The van der Waals surface area contributed by atoms with Crippen molar-refractivity contribution in [2.45, 2.75) is 46.0 Å². The quantitative estimate of drug-likeness (QED) is 0.841. The topological polar surface area (TPSA) is 54.0 Å². The summed E-state index contributed by atoms with van der Waals surface area (Å²) in [5, 5.41) is 6.76. The van der Waals surface area contributed by atoms with Crippen LogP contribution in [0.25, 0.3) is 0 Å². The Morgan fingerprint density at radius 1 is 1.52 bits per heavy atom. The first kappa shape index (κ1) is 18.4. The normalized spacial score (nSPS) is 18.5. The predicted molar refractivity (Wildman–Crippen MR) is 91.5 cm³/mol. The molecule has 2 unspecified atom stereocenters. The lowest BCUT2D eigenvalue weighted by molar-refractivity contribution is -0.119. The summed E-state index contributed by atoms with van der Waals surface area (Å²) in [6.07, 6.45) is 6.01. The molecule has 120 valence electrons. The summed E-state index contributed by atoms with van der Waals surface area (Å²) in [6, 6.07) is 0. The highest BCUT2D eigenvalue weighted by Crippen LogP contribution is 2.34. The number of hydrogen-bond acceptors (Lipinski definition) is 4. The first-order valence-electron chi connectivity index (χ1n) is 7.58. The van der Waals surface area contributed by atoms with E-state index in [1.54, 1.807) is 11.3 Å². The van der Waals surface area contributed by atoms with Crippen LogP contribution in [0.1, 0.15) is 43.7 Å². The van der Waals surface area contributed by atoms with E-state index in [4.69, 9.17) is 0 Å². The summed E-state index contributed by atoms with van der Waals surface area (Å²) in [6.45, 7) is 4.86. The molecule has 2 atom stereocenters. The molecule has 4 nitrogen and oxygen atoms in total. The van der Waals surface area contributed by atoms with E-state index in [0.717, 1.165) is 23.9 Å². The molecular formula is C15H26ClN3OS. The van der Waals surface area contributed by atoms with Crippen LogP contribution in [-0.4, -0.2) is 24.5 Å². The number of halogens is 1. The van der Waals surface area contributed by atoms with Crippen molar-refractivity contribution < 1.29 is 4.79 Å². The van der Waals surface area contributed by atoms with Crippen LogP contribution in [0, 0.1) is 11.8 Å². The van der Waals surface area contributed by atoms with Gasteiger partial charge < -0.3 is 10.6 Å². The monoisotopic (exact) mass is 331 g/mol. The number of nitrogens with one attached hydrogen (secondary N) is 2. The Balaban J connectivity index is 0.00000220. The van der Waals surface area contributed by atoms with Crippen LogP contribution >= 0.6 is 23.7 Å². The van der Waals surface area contributed by atoms with Gasteiger partial charge in [0.15, 0.2) is 5.13 Å². The minimum Gasteiger partial charge on any atom is -0.319 e. The fourth-order valence-corrected chi connectivity index (χ4v) is 3.90. The van der Waals surface area contributed by atoms with Gasteiger partial charge in [0.25, 0.3) is 0 Å². The summed E-state index contributed by atoms with van der Waals surface area (Å²) in [5.41, 5.74) is 1.21. The minimum absolute atomic E-state index is 0. The number of aromatic nitrogens is 1. The molecule has 2 rings (SSSR count). The van der Waals surface area contributed by atoms with Gasteiger partial charge in [-0.25, -0.2) is 4.98 Å². The van der Waals surface area contributed by atoms with E-state index in [2.05, 4.69) is 22.5 Å². The molecule has 0 saturated heterocycles. The van der Waals surface area contributed by atoms with Crippen molar-refractivity contribution in [1.29, 1.82) is 0 Å². The Kier molecular flexibility index (Phi) is 7.63. The molecule has 1 aliphatic carbocycles. The zero-order valence-electron chi connectivity index (χ0n) is 13.1. The molecule has 21 heavy (non-hydrogen) atoms. The van der Waals surface area contributed by atoms with Gasteiger partial charge in [0.05, 0.1) is 5.69 Å². The van der Waals surface area contributed by atoms with Crippen molar-refractivity contribution in [2.75, 3.05) is 18.9 Å². The van der Waals surface area contributed by atoms with Crippen molar-refractivity contribution in [3.05, 3.63) is 10.6 Å². The molecule has 1 aromatic heterocycles. The number of fused-ring (bicyclic) bond motifs is 1. The Hall–Kier alpha value is -0.650. The third kappa shape index (κ3) is 4.94. The second-order valence-corrected chi connectivity index (χ2v) is 6.82. The van der Waals surface area contributed by atoms with Gasteiger partial charge in [-0.2, -0.15) is 0 Å². The van der Waals surface area contributed by atoms with Crippen molar-refractivity contribution in [2.24, 2.45) is 11.8 Å².